The molecular formula is C16H28O7S. The van der Waals surface area contributed by atoms with Crippen LogP contribution in [0.4, 0.5) is 0 Å². The molecule has 1 fully saturated rings. The standard InChI is InChI=1S/C16H28O7S/c1-10(2)6-12(5)20-14(17)9-16(24-23-22-19)8-13(7-11(3)4)21-15(16)18/h10-13,19H,6-9H2,1-5H3. The zero-order valence-corrected chi connectivity index (χ0v) is 15.8. The minimum atomic E-state index is -1.27. The van der Waals surface area contributed by atoms with Gasteiger partial charge in [-0.15, -0.1) is 4.33 Å². The van der Waals surface area contributed by atoms with Crippen molar-refractivity contribution >= 4 is 24.0 Å². The molecule has 0 bridgehead atoms. The monoisotopic (exact) mass is 364 g/mol. The van der Waals surface area contributed by atoms with Crippen molar-refractivity contribution in [3.63, 3.8) is 0 Å². The molecule has 3 atom stereocenters. The van der Waals surface area contributed by atoms with Crippen LogP contribution in [-0.4, -0.2) is 34.2 Å². The molecule has 24 heavy (non-hydrogen) atoms. The van der Waals surface area contributed by atoms with Gasteiger partial charge in [0, 0.05) is 6.42 Å². The van der Waals surface area contributed by atoms with Crippen LogP contribution in [-0.2, 0) is 28.4 Å². The predicted molar refractivity (Wildman–Crippen MR) is 88.7 cm³/mol. The largest absolute Gasteiger partial charge is 0.463 e. The number of cyclic esters (lactones) is 1. The van der Waals surface area contributed by atoms with Crippen LogP contribution in [0, 0.1) is 11.8 Å². The van der Waals surface area contributed by atoms with Gasteiger partial charge in [0.15, 0.2) is 4.75 Å². The van der Waals surface area contributed by atoms with E-state index in [-0.39, 0.29) is 18.6 Å². The van der Waals surface area contributed by atoms with Crippen molar-refractivity contribution in [3.05, 3.63) is 0 Å². The molecule has 1 heterocycles. The first-order chi connectivity index (χ1) is 11.2. The summed E-state index contributed by atoms with van der Waals surface area (Å²) in [4.78, 5) is 24.6. The molecule has 0 saturated carbocycles. The molecule has 0 spiro atoms. The smallest absolute Gasteiger partial charge is 0.325 e. The summed E-state index contributed by atoms with van der Waals surface area (Å²) in [6.07, 6.45) is 0.990. The third-order valence-electron chi connectivity index (χ3n) is 3.73. The normalized spacial score (nSPS) is 25.2. The Bertz CT molecular complexity index is 427. The Balaban J connectivity index is 2.74. The Labute approximate surface area is 147 Å². The van der Waals surface area contributed by atoms with Gasteiger partial charge in [-0.05, 0) is 31.6 Å². The number of hydrogen-bond acceptors (Lipinski definition) is 8. The Hall–Kier alpha value is -0.830. The van der Waals surface area contributed by atoms with E-state index in [0.29, 0.717) is 36.7 Å². The Morgan fingerprint density at radius 1 is 1.33 bits per heavy atom. The van der Waals surface area contributed by atoms with Gasteiger partial charge in [-0.2, -0.15) is 0 Å². The predicted octanol–water partition coefficient (Wildman–Crippen LogP) is 3.52. The molecule has 1 N–H and O–H groups in total. The van der Waals surface area contributed by atoms with E-state index in [2.05, 4.69) is 9.37 Å². The van der Waals surface area contributed by atoms with Crippen LogP contribution in [0.5, 0.6) is 0 Å². The van der Waals surface area contributed by atoms with Gasteiger partial charge in [-0.25, -0.2) is 5.26 Å². The first-order valence-electron chi connectivity index (χ1n) is 8.25. The molecule has 1 rings (SSSR count). The molecule has 0 radical (unpaired) electrons. The number of carbonyl (C=O) groups is 2. The fourth-order valence-corrected chi connectivity index (χ4v) is 3.65. The van der Waals surface area contributed by atoms with Crippen LogP contribution < -0.4 is 0 Å². The van der Waals surface area contributed by atoms with Gasteiger partial charge in [-0.3, -0.25) is 9.59 Å². The van der Waals surface area contributed by atoms with E-state index in [0.717, 1.165) is 6.42 Å². The third-order valence-corrected chi connectivity index (χ3v) is 4.65. The van der Waals surface area contributed by atoms with E-state index >= 15 is 0 Å². The molecule has 0 amide bonds. The lowest BCUT2D eigenvalue weighted by atomic mass is 9.95. The Morgan fingerprint density at radius 2 is 2.00 bits per heavy atom. The SMILES string of the molecule is CC(C)CC(C)OC(=O)CC1(SOOO)CC(CC(C)C)OC1=O. The Morgan fingerprint density at radius 3 is 2.54 bits per heavy atom. The summed E-state index contributed by atoms with van der Waals surface area (Å²) in [6.45, 7) is 9.95. The van der Waals surface area contributed by atoms with E-state index in [9.17, 15) is 9.59 Å². The topological polar surface area (TPSA) is 91.3 Å². The van der Waals surface area contributed by atoms with Gasteiger partial charge in [0.2, 0.25) is 0 Å². The summed E-state index contributed by atoms with van der Waals surface area (Å²) in [6, 6.07) is 0. The fraction of sp³-hybridized carbons (Fsp3) is 0.875. The second kappa shape index (κ2) is 9.60. The lowest BCUT2D eigenvalue weighted by Gasteiger charge is -2.22. The van der Waals surface area contributed by atoms with Crippen molar-refractivity contribution in [2.75, 3.05) is 0 Å². The van der Waals surface area contributed by atoms with Crippen LogP contribution in [0.25, 0.3) is 0 Å². The maximum Gasteiger partial charge on any atom is 0.325 e. The lowest BCUT2D eigenvalue weighted by Crippen LogP contribution is -2.35. The van der Waals surface area contributed by atoms with Crippen molar-refractivity contribution in [1.29, 1.82) is 0 Å². The third kappa shape index (κ3) is 6.58. The average molecular weight is 364 g/mol. The van der Waals surface area contributed by atoms with E-state index < -0.39 is 16.7 Å². The number of carbonyl (C=O) groups excluding carboxylic acids is 2. The molecular weight excluding hydrogens is 336 g/mol. The Kier molecular flexibility index (Phi) is 8.49. The number of ether oxygens (including phenoxy) is 2. The lowest BCUT2D eigenvalue weighted by molar-refractivity contribution is -0.432. The highest BCUT2D eigenvalue weighted by molar-refractivity contribution is 7.96. The second-order valence-corrected chi connectivity index (χ2v) is 8.27. The molecule has 0 aromatic heterocycles. The zero-order valence-electron chi connectivity index (χ0n) is 14.9. The highest BCUT2D eigenvalue weighted by atomic mass is 32.2. The molecule has 0 aliphatic carbocycles. The second-order valence-electron chi connectivity index (χ2n) is 7.19. The minimum Gasteiger partial charge on any atom is -0.463 e. The molecule has 1 saturated heterocycles. The number of esters is 2. The molecule has 0 aromatic carbocycles. The number of rotatable bonds is 10. The van der Waals surface area contributed by atoms with E-state index in [1.165, 1.54) is 0 Å². The quantitative estimate of drug-likeness (QED) is 0.272. The van der Waals surface area contributed by atoms with Crippen molar-refractivity contribution in [3.8, 4) is 0 Å². The minimum absolute atomic E-state index is 0.198. The average Bonchev–Trinajstić information content (AvgIpc) is 2.70. The van der Waals surface area contributed by atoms with Gasteiger partial charge in [0.1, 0.15) is 6.10 Å². The zero-order chi connectivity index (χ0) is 18.3. The maximum absolute atomic E-state index is 12.3. The summed E-state index contributed by atoms with van der Waals surface area (Å²) in [5.41, 5.74) is 0. The van der Waals surface area contributed by atoms with Crippen molar-refractivity contribution in [2.24, 2.45) is 11.8 Å². The first-order valence-corrected chi connectivity index (χ1v) is 8.99. The highest BCUT2D eigenvalue weighted by Crippen LogP contribution is 2.43. The molecule has 140 valence electrons. The number of hydrogen-bond donors (Lipinski definition) is 1. The molecule has 8 heteroatoms. The summed E-state index contributed by atoms with van der Waals surface area (Å²) >= 11 is 0.592. The molecule has 7 nitrogen and oxygen atoms in total. The van der Waals surface area contributed by atoms with E-state index in [4.69, 9.17) is 14.7 Å². The van der Waals surface area contributed by atoms with E-state index in [1.54, 1.807) is 0 Å². The van der Waals surface area contributed by atoms with Crippen LogP contribution >= 0.6 is 12.0 Å². The highest BCUT2D eigenvalue weighted by Gasteiger charge is 2.53. The molecule has 0 aromatic rings. The summed E-state index contributed by atoms with van der Waals surface area (Å²) < 4.78 is 14.0. The summed E-state index contributed by atoms with van der Waals surface area (Å²) in [5, 5.41) is 12.0. The van der Waals surface area contributed by atoms with Gasteiger partial charge < -0.3 is 9.47 Å². The summed E-state index contributed by atoms with van der Waals surface area (Å²) in [5.74, 6) is -0.311. The molecule has 1 aliphatic rings. The van der Waals surface area contributed by atoms with Gasteiger partial charge in [-0.1, -0.05) is 32.7 Å². The molecule has 1 aliphatic heterocycles. The van der Waals surface area contributed by atoms with Crippen LogP contribution in [0.2, 0.25) is 0 Å². The van der Waals surface area contributed by atoms with E-state index in [1.807, 2.05) is 34.6 Å². The van der Waals surface area contributed by atoms with Crippen molar-refractivity contribution in [2.45, 2.75) is 77.3 Å². The van der Waals surface area contributed by atoms with Crippen LogP contribution in [0.15, 0.2) is 0 Å². The van der Waals surface area contributed by atoms with Gasteiger partial charge >= 0.3 is 11.9 Å². The van der Waals surface area contributed by atoms with Gasteiger partial charge in [0.05, 0.1) is 24.6 Å². The van der Waals surface area contributed by atoms with Crippen molar-refractivity contribution in [1.82, 2.24) is 0 Å². The molecule has 3 unspecified atom stereocenters. The van der Waals surface area contributed by atoms with Crippen LogP contribution in [0.1, 0.15) is 60.3 Å². The van der Waals surface area contributed by atoms with Crippen LogP contribution in [0.3, 0.4) is 0 Å². The van der Waals surface area contributed by atoms with Crippen molar-refractivity contribution < 1.29 is 33.7 Å². The van der Waals surface area contributed by atoms with Gasteiger partial charge in [0.25, 0.3) is 0 Å². The summed E-state index contributed by atoms with van der Waals surface area (Å²) in [7, 11) is 0. The fourth-order valence-electron chi connectivity index (χ4n) is 2.94. The maximum atomic E-state index is 12.3. The first kappa shape index (κ1) is 21.2.